The number of aromatic nitrogens is 2. The van der Waals surface area contributed by atoms with Crippen molar-refractivity contribution in [1.82, 2.24) is 15.3 Å². The van der Waals surface area contributed by atoms with Crippen LogP contribution in [-0.2, 0) is 9.59 Å². The van der Waals surface area contributed by atoms with Crippen molar-refractivity contribution in [3.8, 4) is 0 Å². The fraction of sp³-hybridized carbons (Fsp3) is 0.500. The number of carbonyl (C=O) groups excluding carboxylic acids is 2. The van der Waals surface area contributed by atoms with E-state index in [1.165, 1.54) is 6.33 Å². The van der Waals surface area contributed by atoms with E-state index in [2.05, 4.69) is 27.5 Å². The molecule has 1 aliphatic heterocycles. The van der Waals surface area contributed by atoms with E-state index in [0.717, 1.165) is 13.0 Å². The highest BCUT2D eigenvalue weighted by molar-refractivity contribution is 6.04. The molecule has 1 atom stereocenters. The Morgan fingerprint density at radius 3 is 3.00 bits per heavy atom. The maximum Gasteiger partial charge on any atom is 0.249 e. The molecule has 7 nitrogen and oxygen atoms in total. The molecule has 1 aliphatic rings. The van der Waals surface area contributed by atoms with Crippen molar-refractivity contribution in [1.29, 1.82) is 0 Å². The average molecular weight is 263 g/mol. The summed E-state index contributed by atoms with van der Waals surface area (Å²) in [6.07, 6.45) is 2.41. The van der Waals surface area contributed by atoms with Crippen LogP contribution in [0.3, 0.4) is 0 Å². The predicted molar refractivity (Wildman–Crippen MR) is 70.8 cm³/mol. The Kier molecular flexibility index (Phi) is 3.94. The van der Waals surface area contributed by atoms with Crippen LogP contribution in [-0.4, -0.2) is 40.9 Å². The molecule has 1 saturated heterocycles. The Morgan fingerprint density at radius 1 is 1.47 bits per heavy atom. The van der Waals surface area contributed by atoms with Gasteiger partial charge in [-0.15, -0.1) is 0 Å². The zero-order valence-electron chi connectivity index (χ0n) is 11.0. The highest BCUT2D eigenvalue weighted by Gasteiger charge is 2.31. The van der Waals surface area contributed by atoms with Crippen molar-refractivity contribution in [2.24, 2.45) is 0 Å². The Morgan fingerprint density at radius 2 is 2.26 bits per heavy atom. The van der Waals surface area contributed by atoms with Crippen LogP contribution in [0.5, 0.6) is 0 Å². The summed E-state index contributed by atoms with van der Waals surface area (Å²) in [7, 11) is 0. The summed E-state index contributed by atoms with van der Waals surface area (Å²) < 4.78 is 0. The van der Waals surface area contributed by atoms with E-state index in [1.54, 1.807) is 17.9 Å². The van der Waals surface area contributed by atoms with Crippen molar-refractivity contribution < 1.29 is 9.59 Å². The molecule has 0 saturated carbocycles. The van der Waals surface area contributed by atoms with Crippen molar-refractivity contribution in [2.45, 2.75) is 26.3 Å². The second kappa shape index (κ2) is 5.64. The maximum atomic E-state index is 11.6. The van der Waals surface area contributed by atoms with Crippen LogP contribution in [0.1, 0.15) is 20.3 Å². The average Bonchev–Trinajstić information content (AvgIpc) is 2.41. The van der Waals surface area contributed by atoms with Gasteiger partial charge in [0, 0.05) is 12.6 Å². The van der Waals surface area contributed by atoms with E-state index in [9.17, 15) is 9.59 Å². The van der Waals surface area contributed by atoms with E-state index in [4.69, 9.17) is 0 Å². The molecule has 2 amide bonds. The smallest absolute Gasteiger partial charge is 0.249 e. The van der Waals surface area contributed by atoms with E-state index in [-0.39, 0.29) is 18.4 Å². The highest BCUT2D eigenvalue weighted by Crippen LogP contribution is 2.18. The summed E-state index contributed by atoms with van der Waals surface area (Å²) in [5, 5.41) is 5.45. The summed E-state index contributed by atoms with van der Waals surface area (Å²) >= 11 is 0. The van der Waals surface area contributed by atoms with Crippen LogP contribution >= 0.6 is 0 Å². The fourth-order valence-electron chi connectivity index (χ4n) is 1.85. The lowest BCUT2D eigenvalue weighted by Crippen LogP contribution is -2.57. The molecule has 0 radical (unpaired) electrons. The summed E-state index contributed by atoms with van der Waals surface area (Å²) in [5.41, 5.74) is 0. The number of amides is 2. The molecule has 0 aliphatic carbocycles. The molecule has 1 aromatic heterocycles. The van der Waals surface area contributed by atoms with Crippen LogP contribution in [0, 0.1) is 0 Å². The minimum atomic E-state index is -0.424. The maximum absolute atomic E-state index is 11.6. The van der Waals surface area contributed by atoms with Crippen molar-refractivity contribution in [3.05, 3.63) is 12.4 Å². The number of piperazine rings is 1. The molecular weight excluding hydrogens is 246 g/mol. The Hall–Kier alpha value is -2.18. The fourth-order valence-corrected chi connectivity index (χ4v) is 1.85. The first-order chi connectivity index (χ1) is 9.11. The van der Waals surface area contributed by atoms with Gasteiger partial charge in [0.05, 0.1) is 6.54 Å². The molecule has 0 spiro atoms. The lowest BCUT2D eigenvalue weighted by atomic mass is 10.2. The van der Waals surface area contributed by atoms with Crippen LogP contribution < -0.4 is 15.5 Å². The van der Waals surface area contributed by atoms with Gasteiger partial charge in [0.25, 0.3) is 0 Å². The van der Waals surface area contributed by atoms with E-state index in [0.29, 0.717) is 11.6 Å². The third-order valence-corrected chi connectivity index (χ3v) is 2.93. The molecule has 0 aromatic carbocycles. The Balaban J connectivity index is 2.20. The van der Waals surface area contributed by atoms with Gasteiger partial charge in [0.15, 0.2) is 0 Å². The van der Waals surface area contributed by atoms with Gasteiger partial charge in [-0.05, 0) is 13.3 Å². The molecule has 2 heterocycles. The van der Waals surface area contributed by atoms with Gasteiger partial charge < -0.3 is 10.2 Å². The summed E-state index contributed by atoms with van der Waals surface area (Å²) in [5.74, 6) is 0.643. The van der Waals surface area contributed by atoms with E-state index < -0.39 is 6.04 Å². The van der Waals surface area contributed by atoms with Crippen molar-refractivity contribution >= 4 is 23.5 Å². The second-order valence-electron chi connectivity index (χ2n) is 4.40. The number of rotatable bonds is 4. The molecular formula is C12H17N5O2. The van der Waals surface area contributed by atoms with Crippen LogP contribution in [0.25, 0.3) is 0 Å². The van der Waals surface area contributed by atoms with Crippen LogP contribution in [0.4, 0.5) is 11.6 Å². The molecule has 2 rings (SSSR count). The molecule has 1 fully saturated rings. The number of hydrogen-bond donors (Lipinski definition) is 2. The van der Waals surface area contributed by atoms with Gasteiger partial charge in [-0.1, -0.05) is 6.92 Å². The van der Waals surface area contributed by atoms with Crippen molar-refractivity contribution in [3.63, 3.8) is 0 Å². The number of imide groups is 1. The highest BCUT2D eigenvalue weighted by atomic mass is 16.2. The largest absolute Gasteiger partial charge is 0.370 e. The topological polar surface area (TPSA) is 87.2 Å². The third kappa shape index (κ3) is 2.98. The molecule has 1 aromatic rings. The van der Waals surface area contributed by atoms with Gasteiger partial charge in [-0.2, -0.15) is 0 Å². The lowest BCUT2D eigenvalue weighted by molar-refractivity contribution is -0.132. The molecule has 0 bridgehead atoms. The van der Waals surface area contributed by atoms with E-state index in [1.807, 2.05) is 0 Å². The quantitative estimate of drug-likeness (QED) is 0.752. The number of carbonyl (C=O) groups is 2. The number of nitrogens with zero attached hydrogens (tertiary/aromatic N) is 3. The normalized spacial score (nSPS) is 19.3. The first-order valence-electron chi connectivity index (χ1n) is 6.28. The predicted octanol–water partition coefficient (Wildman–Crippen LogP) is 0.150. The molecule has 102 valence electrons. The minimum absolute atomic E-state index is 0.122. The zero-order valence-corrected chi connectivity index (χ0v) is 11.0. The van der Waals surface area contributed by atoms with Gasteiger partial charge in [0.1, 0.15) is 24.0 Å². The monoisotopic (exact) mass is 263 g/mol. The Labute approximate surface area is 111 Å². The lowest BCUT2D eigenvalue weighted by Gasteiger charge is -2.32. The van der Waals surface area contributed by atoms with E-state index >= 15 is 0 Å². The van der Waals surface area contributed by atoms with Crippen LogP contribution in [0.15, 0.2) is 12.4 Å². The Bertz CT molecular complexity index is 491. The van der Waals surface area contributed by atoms with Crippen LogP contribution in [0.2, 0.25) is 0 Å². The standard InChI is InChI=1S/C12H17N5O2/c1-3-4-13-9-5-10(15-7-14-9)17-6-11(18)16-12(19)8(17)2/h5,7-8H,3-4,6H2,1-2H3,(H,13,14,15)(H,16,18,19). The molecule has 7 heteroatoms. The summed E-state index contributed by atoms with van der Waals surface area (Å²) in [6, 6.07) is 1.32. The molecule has 2 N–H and O–H groups in total. The van der Waals surface area contributed by atoms with Gasteiger partial charge in [-0.25, -0.2) is 9.97 Å². The van der Waals surface area contributed by atoms with Gasteiger partial charge >= 0.3 is 0 Å². The van der Waals surface area contributed by atoms with Gasteiger partial charge in [0.2, 0.25) is 11.8 Å². The minimum Gasteiger partial charge on any atom is -0.370 e. The first-order valence-corrected chi connectivity index (χ1v) is 6.28. The van der Waals surface area contributed by atoms with Crippen molar-refractivity contribution in [2.75, 3.05) is 23.3 Å². The zero-order chi connectivity index (χ0) is 13.8. The summed E-state index contributed by atoms with van der Waals surface area (Å²) in [4.78, 5) is 32.9. The number of nitrogens with one attached hydrogen (secondary N) is 2. The third-order valence-electron chi connectivity index (χ3n) is 2.93. The number of hydrogen-bond acceptors (Lipinski definition) is 6. The molecule has 1 unspecified atom stereocenters. The SMILES string of the molecule is CCCNc1cc(N2CC(=O)NC(=O)C2C)ncn1. The number of anilines is 2. The summed E-state index contributed by atoms with van der Waals surface area (Å²) in [6.45, 7) is 4.73. The first kappa shape index (κ1) is 13.3. The molecule has 19 heavy (non-hydrogen) atoms. The second-order valence-corrected chi connectivity index (χ2v) is 4.40. The van der Waals surface area contributed by atoms with Gasteiger partial charge in [-0.3, -0.25) is 14.9 Å².